The van der Waals surface area contributed by atoms with Crippen molar-refractivity contribution in [1.29, 1.82) is 0 Å². The maximum Gasteiger partial charge on any atom is 0.246 e. The molecule has 1 saturated heterocycles. The van der Waals surface area contributed by atoms with Crippen molar-refractivity contribution in [3.63, 3.8) is 0 Å². The Hall–Kier alpha value is -1.18. The zero-order valence-electron chi connectivity index (χ0n) is 9.63. The Balaban J connectivity index is 2.44. The van der Waals surface area contributed by atoms with Crippen LogP contribution in [-0.2, 0) is 10.0 Å². The van der Waals surface area contributed by atoms with Crippen molar-refractivity contribution in [1.82, 2.24) is 9.29 Å². The van der Waals surface area contributed by atoms with E-state index in [1.54, 1.807) is 6.07 Å². The summed E-state index contributed by atoms with van der Waals surface area (Å²) in [5, 5.41) is 0. The van der Waals surface area contributed by atoms with Crippen LogP contribution in [0.4, 0.5) is 5.69 Å². The second-order valence-electron chi connectivity index (χ2n) is 4.12. The van der Waals surface area contributed by atoms with Crippen LogP contribution in [-0.4, -0.2) is 30.3 Å². The van der Waals surface area contributed by atoms with Gasteiger partial charge in [0, 0.05) is 25.0 Å². The van der Waals surface area contributed by atoms with Crippen LogP contribution in [0.15, 0.2) is 23.4 Å². The molecule has 94 valence electrons. The Kier molecular flexibility index (Phi) is 3.32. The van der Waals surface area contributed by atoms with Gasteiger partial charge in [-0.15, -0.1) is 0 Å². The number of nitrogens with two attached hydrogens (primary N) is 1. The second-order valence-corrected chi connectivity index (χ2v) is 5.98. The van der Waals surface area contributed by atoms with Crippen LogP contribution in [0.5, 0.6) is 0 Å². The molecular weight excluding hydrogens is 240 g/mol. The van der Waals surface area contributed by atoms with Crippen molar-refractivity contribution in [3.8, 4) is 0 Å². The van der Waals surface area contributed by atoms with Gasteiger partial charge < -0.3 is 5.43 Å². The molecule has 0 radical (unpaired) electrons. The van der Waals surface area contributed by atoms with Gasteiger partial charge in [0.25, 0.3) is 0 Å². The molecule has 1 unspecified atom stereocenters. The van der Waals surface area contributed by atoms with Crippen LogP contribution in [0.25, 0.3) is 0 Å². The van der Waals surface area contributed by atoms with Crippen LogP contribution in [0.3, 0.4) is 0 Å². The molecule has 1 aliphatic rings. The third-order valence-corrected chi connectivity index (χ3v) is 5.06. The minimum absolute atomic E-state index is 0.0332. The van der Waals surface area contributed by atoms with Crippen LogP contribution < -0.4 is 11.3 Å². The molecular formula is C10H16N4O2S. The Morgan fingerprint density at radius 1 is 1.59 bits per heavy atom. The molecule has 0 saturated carbocycles. The fourth-order valence-electron chi connectivity index (χ4n) is 2.10. The first kappa shape index (κ1) is 12.3. The first-order chi connectivity index (χ1) is 8.07. The number of hydrazine groups is 1. The third-order valence-electron chi connectivity index (χ3n) is 3.02. The first-order valence-corrected chi connectivity index (χ1v) is 6.94. The molecule has 6 nitrogen and oxygen atoms in total. The molecule has 0 amide bonds. The van der Waals surface area contributed by atoms with Crippen LogP contribution >= 0.6 is 0 Å². The summed E-state index contributed by atoms with van der Waals surface area (Å²) in [4.78, 5) is 3.99. The van der Waals surface area contributed by atoms with E-state index in [0.29, 0.717) is 12.2 Å². The number of pyridine rings is 1. The molecule has 17 heavy (non-hydrogen) atoms. The van der Waals surface area contributed by atoms with Crippen LogP contribution in [0.2, 0.25) is 0 Å². The summed E-state index contributed by atoms with van der Waals surface area (Å²) in [6.45, 7) is 2.47. The van der Waals surface area contributed by atoms with E-state index in [4.69, 9.17) is 5.84 Å². The maximum absolute atomic E-state index is 12.4. The van der Waals surface area contributed by atoms with Gasteiger partial charge in [0.05, 0.1) is 5.69 Å². The molecule has 2 heterocycles. The summed E-state index contributed by atoms with van der Waals surface area (Å²) < 4.78 is 26.3. The number of hydrogen-bond donors (Lipinski definition) is 2. The molecule has 3 N–H and O–H groups in total. The lowest BCUT2D eigenvalue weighted by atomic mass is 10.3. The van der Waals surface area contributed by atoms with Crippen LogP contribution in [0.1, 0.15) is 19.8 Å². The predicted molar refractivity (Wildman–Crippen MR) is 64.6 cm³/mol. The van der Waals surface area contributed by atoms with Gasteiger partial charge in [-0.2, -0.15) is 4.31 Å². The summed E-state index contributed by atoms with van der Waals surface area (Å²) >= 11 is 0. The van der Waals surface area contributed by atoms with E-state index >= 15 is 0 Å². The number of nitrogen functional groups attached to an aromatic ring is 1. The predicted octanol–water partition coefficient (Wildman–Crippen LogP) is 0.540. The molecule has 1 fully saturated rings. The average molecular weight is 256 g/mol. The fraction of sp³-hybridized carbons (Fsp3) is 0.500. The molecule has 1 atom stereocenters. The third kappa shape index (κ3) is 2.13. The molecule has 0 aromatic carbocycles. The monoisotopic (exact) mass is 256 g/mol. The molecule has 1 aliphatic heterocycles. The van der Waals surface area contributed by atoms with Crippen molar-refractivity contribution in [3.05, 3.63) is 18.5 Å². The van der Waals surface area contributed by atoms with E-state index in [-0.39, 0.29) is 10.9 Å². The van der Waals surface area contributed by atoms with Gasteiger partial charge in [-0.1, -0.05) is 0 Å². The number of aromatic nitrogens is 1. The maximum atomic E-state index is 12.4. The van der Waals surface area contributed by atoms with Crippen molar-refractivity contribution < 1.29 is 8.42 Å². The van der Waals surface area contributed by atoms with Crippen molar-refractivity contribution in [2.24, 2.45) is 5.84 Å². The minimum atomic E-state index is -3.50. The highest BCUT2D eigenvalue weighted by Crippen LogP contribution is 2.28. The van der Waals surface area contributed by atoms with Gasteiger partial charge in [-0.3, -0.25) is 10.8 Å². The highest BCUT2D eigenvalue weighted by molar-refractivity contribution is 7.89. The zero-order valence-corrected chi connectivity index (χ0v) is 10.4. The first-order valence-electron chi connectivity index (χ1n) is 5.50. The van der Waals surface area contributed by atoms with Gasteiger partial charge in [-0.25, -0.2) is 8.42 Å². The van der Waals surface area contributed by atoms with Crippen LogP contribution in [0, 0.1) is 0 Å². The number of nitrogens with zero attached hydrogens (tertiary/aromatic N) is 2. The highest BCUT2D eigenvalue weighted by Gasteiger charge is 2.34. The Bertz CT molecular complexity index is 503. The van der Waals surface area contributed by atoms with E-state index in [1.807, 2.05) is 6.92 Å². The largest absolute Gasteiger partial charge is 0.323 e. The topological polar surface area (TPSA) is 88.3 Å². The summed E-state index contributed by atoms with van der Waals surface area (Å²) in [5.74, 6) is 5.32. The molecule has 0 aliphatic carbocycles. The smallest absolute Gasteiger partial charge is 0.246 e. The number of nitrogens with one attached hydrogen (secondary N) is 1. The lowest BCUT2D eigenvalue weighted by molar-refractivity contribution is 0.408. The lowest BCUT2D eigenvalue weighted by Gasteiger charge is -2.21. The summed E-state index contributed by atoms with van der Waals surface area (Å²) in [6, 6.07) is 1.58. The molecule has 0 spiro atoms. The van der Waals surface area contributed by atoms with Crippen molar-refractivity contribution in [2.75, 3.05) is 12.0 Å². The number of anilines is 1. The van der Waals surface area contributed by atoms with Gasteiger partial charge in [0.2, 0.25) is 10.0 Å². The standard InChI is InChI=1S/C10H16N4O2S/c1-8-3-2-6-14(8)17(15,16)10-7-12-5-4-9(10)13-11/h4-5,7-8H,2-3,6,11H2,1H3,(H,12,13). The summed E-state index contributed by atoms with van der Waals surface area (Å²) in [7, 11) is -3.50. The van der Waals surface area contributed by atoms with E-state index in [2.05, 4.69) is 10.4 Å². The summed E-state index contributed by atoms with van der Waals surface area (Å²) in [5.41, 5.74) is 2.77. The lowest BCUT2D eigenvalue weighted by Crippen LogP contribution is -2.34. The molecule has 1 aromatic heterocycles. The number of sulfonamides is 1. The molecule has 2 rings (SSSR count). The van der Waals surface area contributed by atoms with E-state index < -0.39 is 10.0 Å². The van der Waals surface area contributed by atoms with Gasteiger partial charge in [-0.05, 0) is 25.8 Å². The highest BCUT2D eigenvalue weighted by atomic mass is 32.2. The SMILES string of the molecule is CC1CCCN1S(=O)(=O)c1cnccc1NN. The Labute approximate surface area is 101 Å². The van der Waals surface area contributed by atoms with Gasteiger partial charge in [0.15, 0.2) is 0 Å². The minimum Gasteiger partial charge on any atom is -0.323 e. The Morgan fingerprint density at radius 3 is 2.94 bits per heavy atom. The van der Waals surface area contributed by atoms with Gasteiger partial charge in [0.1, 0.15) is 4.90 Å². The van der Waals surface area contributed by atoms with Crippen molar-refractivity contribution in [2.45, 2.75) is 30.7 Å². The second kappa shape index (κ2) is 4.59. The summed E-state index contributed by atoms with van der Waals surface area (Å²) in [6.07, 6.45) is 4.62. The number of rotatable bonds is 3. The molecule has 7 heteroatoms. The average Bonchev–Trinajstić information content (AvgIpc) is 2.76. The van der Waals surface area contributed by atoms with Gasteiger partial charge >= 0.3 is 0 Å². The zero-order chi connectivity index (χ0) is 12.5. The van der Waals surface area contributed by atoms with Crippen molar-refractivity contribution >= 4 is 15.7 Å². The molecule has 1 aromatic rings. The normalized spacial score (nSPS) is 21.6. The quantitative estimate of drug-likeness (QED) is 0.608. The Morgan fingerprint density at radius 2 is 2.35 bits per heavy atom. The molecule has 0 bridgehead atoms. The fourth-order valence-corrected chi connectivity index (χ4v) is 3.90. The van der Waals surface area contributed by atoms with E-state index in [9.17, 15) is 8.42 Å². The van der Waals surface area contributed by atoms with E-state index in [0.717, 1.165) is 12.8 Å². The van der Waals surface area contributed by atoms with E-state index in [1.165, 1.54) is 16.7 Å². The number of hydrogen-bond acceptors (Lipinski definition) is 5.